The summed E-state index contributed by atoms with van der Waals surface area (Å²) in [5.74, 6) is 0. The van der Waals surface area contributed by atoms with Crippen molar-refractivity contribution in [2.45, 2.75) is 19.9 Å². The van der Waals surface area contributed by atoms with Crippen LogP contribution in [0.15, 0.2) is 24.3 Å². The van der Waals surface area contributed by atoms with Crippen LogP contribution in [0, 0.1) is 6.92 Å². The highest BCUT2D eigenvalue weighted by molar-refractivity contribution is 6.25. The van der Waals surface area contributed by atoms with Crippen molar-refractivity contribution >= 4 is 20.8 Å². The van der Waals surface area contributed by atoms with E-state index in [0.717, 1.165) is 0 Å². The van der Waals surface area contributed by atoms with Gasteiger partial charge in [0.25, 0.3) is 0 Å². The van der Waals surface area contributed by atoms with Gasteiger partial charge in [-0.1, -0.05) is 29.8 Å². The summed E-state index contributed by atoms with van der Waals surface area (Å²) in [6, 6.07) is 9.49. The average Bonchev–Trinajstić information content (AvgIpc) is 2.04. The zero-order valence-electron chi connectivity index (χ0n) is 8.33. The maximum Gasteiger partial charge on any atom is 0.0704 e. The van der Waals surface area contributed by atoms with Crippen LogP contribution < -0.4 is 0 Å². The van der Waals surface area contributed by atoms with Gasteiger partial charge in [0.15, 0.2) is 0 Å². The lowest BCUT2D eigenvalue weighted by Gasteiger charge is -2.20. The van der Waals surface area contributed by atoms with Crippen LogP contribution in [-0.2, 0) is 0 Å². The van der Waals surface area contributed by atoms with E-state index < -0.39 is 0 Å². The molecule has 0 aliphatic carbocycles. The molecule has 0 bridgehead atoms. The first-order valence-electron chi connectivity index (χ1n) is 4.34. The summed E-state index contributed by atoms with van der Waals surface area (Å²) in [7, 11) is 2.36. The van der Waals surface area contributed by atoms with E-state index in [1.54, 1.807) is 0 Å². The Morgan fingerprint density at radius 1 is 1.17 bits per heavy atom. The Labute approximate surface area is 80.8 Å². The zero-order chi connectivity index (χ0) is 9.14. The van der Waals surface area contributed by atoms with E-state index in [1.165, 1.54) is 31.9 Å². The summed E-state index contributed by atoms with van der Waals surface area (Å²) in [6.07, 6.45) is 0. The smallest absolute Gasteiger partial charge is 0.0704 e. The lowest BCUT2D eigenvalue weighted by molar-refractivity contribution is 0.552. The average molecular weight is 195 g/mol. The van der Waals surface area contributed by atoms with Crippen molar-refractivity contribution in [1.82, 2.24) is 4.23 Å². The Morgan fingerprint density at radius 2 is 1.67 bits per heavy atom. The van der Waals surface area contributed by atoms with E-state index in [4.69, 9.17) is 0 Å². The second-order valence-corrected chi connectivity index (χ2v) is 8.16. The molecule has 0 amide bonds. The number of hydrogen-bond donors (Lipinski definition) is 0. The van der Waals surface area contributed by atoms with Gasteiger partial charge in [0.05, 0.1) is 20.8 Å². The van der Waals surface area contributed by atoms with Crippen LogP contribution >= 0.6 is 0 Å². The van der Waals surface area contributed by atoms with Gasteiger partial charge in [-0.25, -0.2) is 0 Å². The van der Waals surface area contributed by atoms with Gasteiger partial charge in [0.1, 0.15) is 0 Å². The Balaban J connectivity index is 2.82. The molecule has 0 fully saturated rings. The van der Waals surface area contributed by atoms with Gasteiger partial charge in [-0.2, -0.15) is 0 Å². The molecule has 1 atom stereocenters. The SMILES string of the molecule is Cc1ccc(C(C)N([SiH3])[SiH3])cc1. The third-order valence-corrected chi connectivity index (χ3v) is 3.88. The Morgan fingerprint density at radius 3 is 2.08 bits per heavy atom. The van der Waals surface area contributed by atoms with Crippen LogP contribution in [0.5, 0.6) is 0 Å². The molecule has 0 heterocycles. The molecule has 0 aromatic heterocycles. The molecule has 0 N–H and O–H groups in total. The quantitative estimate of drug-likeness (QED) is 0.597. The summed E-state index contributed by atoms with van der Waals surface area (Å²) < 4.78 is 2.49. The lowest BCUT2D eigenvalue weighted by atomic mass is 10.1. The number of nitrogens with zero attached hydrogens (tertiary/aromatic N) is 1. The maximum absolute atomic E-state index is 2.49. The molecule has 1 aromatic rings. The zero-order valence-corrected chi connectivity index (χ0v) is 12.3. The minimum absolute atomic E-state index is 0.629. The molecule has 0 saturated heterocycles. The van der Waals surface area contributed by atoms with Gasteiger partial charge in [0.2, 0.25) is 0 Å². The molecule has 1 aromatic carbocycles. The van der Waals surface area contributed by atoms with Crippen molar-refractivity contribution in [3.8, 4) is 0 Å². The summed E-state index contributed by atoms with van der Waals surface area (Å²) in [5.41, 5.74) is 2.80. The standard InChI is InChI=1S/C9H17NSi2/c1-7-3-5-9(6-4-7)8(2)10(11)12/h3-6,8H,1-2,11-12H3. The van der Waals surface area contributed by atoms with Crippen molar-refractivity contribution in [3.05, 3.63) is 35.4 Å². The summed E-state index contributed by atoms with van der Waals surface area (Å²) in [5, 5.41) is 0. The van der Waals surface area contributed by atoms with E-state index in [2.05, 4.69) is 42.3 Å². The molecule has 66 valence electrons. The predicted molar refractivity (Wildman–Crippen MR) is 61.3 cm³/mol. The largest absolute Gasteiger partial charge is 0.354 e. The highest BCUT2D eigenvalue weighted by Gasteiger charge is 2.05. The fraction of sp³-hybridized carbons (Fsp3) is 0.333. The summed E-state index contributed by atoms with van der Waals surface area (Å²) in [6.45, 7) is 4.41. The number of benzene rings is 1. The van der Waals surface area contributed by atoms with Crippen molar-refractivity contribution < 1.29 is 0 Å². The molecule has 0 spiro atoms. The fourth-order valence-electron chi connectivity index (χ4n) is 1.14. The van der Waals surface area contributed by atoms with E-state index in [1.807, 2.05) is 0 Å². The molecule has 12 heavy (non-hydrogen) atoms. The molecule has 0 saturated carbocycles. The molecule has 0 aliphatic heterocycles. The molecule has 1 nitrogen and oxygen atoms in total. The molecule has 0 aliphatic rings. The van der Waals surface area contributed by atoms with Gasteiger partial charge in [0, 0.05) is 6.04 Å². The highest BCUT2D eigenvalue weighted by Crippen LogP contribution is 2.16. The van der Waals surface area contributed by atoms with Crippen LogP contribution in [-0.4, -0.2) is 25.0 Å². The van der Waals surface area contributed by atoms with Crippen molar-refractivity contribution in [2.75, 3.05) is 0 Å². The van der Waals surface area contributed by atoms with Crippen LogP contribution in [0.4, 0.5) is 0 Å². The molecule has 1 unspecified atom stereocenters. The van der Waals surface area contributed by atoms with Gasteiger partial charge in [-0.15, -0.1) is 0 Å². The third-order valence-electron chi connectivity index (χ3n) is 2.33. The van der Waals surface area contributed by atoms with Crippen LogP contribution in [0.1, 0.15) is 24.1 Å². The Kier molecular flexibility index (Phi) is 3.25. The Hall–Kier alpha value is -0.386. The van der Waals surface area contributed by atoms with Gasteiger partial charge < -0.3 is 4.23 Å². The van der Waals surface area contributed by atoms with Crippen LogP contribution in [0.3, 0.4) is 0 Å². The Bertz CT molecular complexity index is 243. The van der Waals surface area contributed by atoms with Gasteiger partial charge >= 0.3 is 0 Å². The van der Waals surface area contributed by atoms with E-state index in [-0.39, 0.29) is 0 Å². The summed E-state index contributed by atoms with van der Waals surface area (Å²) >= 11 is 0. The van der Waals surface area contributed by atoms with E-state index >= 15 is 0 Å². The molecule has 1 rings (SSSR count). The second kappa shape index (κ2) is 4.02. The molecule has 3 heteroatoms. The molecule has 0 radical (unpaired) electrons. The monoisotopic (exact) mass is 195 g/mol. The normalized spacial score (nSPS) is 13.9. The van der Waals surface area contributed by atoms with E-state index in [9.17, 15) is 0 Å². The fourth-order valence-corrected chi connectivity index (χ4v) is 1.74. The first-order chi connectivity index (χ1) is 5.61. The maximum atomic E-state index is 2.49. The number of rotatable bonds is 2. The minimum atomic E-state index is 0.629. The van der Waals surface area contributed by atoms with Crippen LogP contribution in [0.25, 0.3) is 0 Å². The molecular weight excluding hydrogens is 178 g/mol. The highest BCUT2D eigenvalue weighted by atomic mass is 28.2. The number of aryl methyl sites for hydroxylation is 1. The predicted octanol–water partition coefficient (Wildman–Crippen LogP) is -0.0812. The van der Waals surface area contributed by atoms with Crippen LogP contribution in [0.2, 0.25) is 0 Å². The second-order valence-electron chi connectivity index (χ2n) is 3.55. The first-order valence-corrected chi connectivity index (χ1v) is 6.13. The minimum Gasteiger partial charge on any atom is -0.354 e. The topological polar surface area (TPSA) is 3.24 Å². The molecular formula is C9H17NSi2. The van der Waals surface area contributed by atoms with Crippen molar-refractivity contribution in [1.29, 1.82) is 0 Å². The van der Waals surface area contributed by atoms with Crippen molar-refractivity contribution in [2.24, 2.45) is 0 Å². The van der Waals surface area contributed by atoms with Gasteiger partial charge in [-0.05, 0) is 19.4 Å². The van der Waals surface area contributed by atoms with Gasteiger partial charge in [-0.3, -0.25) is 0 Å². The number of hydrogen-bond acceptors (Lipinski definition) is 1. The summed E-state index contributed by atoms with van der Waals surface area (Å²) in [4.78, 5) is 0. The van der Waals surface area contributed by atoms with Crippen molar-refractivity contribution in [3.63, 3.8) is 0 Å². The lowest BCUT2D eigenvalue weighted by Crippen LogP contribution is -2.20. The van der Waals surface area contributed by atoms with E-state index in [0.29, 0.717) is 6.04 Å². The third kappa shape index (κ3) is 2.30. The first kappa shape index (κ1) is 9.70.